The van der Waals surface area contributed by atoms with E-state index in [2.05, 4.69) is 15.4 Å². The highest BCUT2D eigenvalue weighted by Gasteiger charge is 2.31. The average Bonchev–Trinajstić information content (AvgIpc) is 3.37. The summed E-state index contributed by atoms with van der Waals surface area (Å²) in [6.07, 6.45) is 4.17. The summed E-state index contributed by atoms with van der Waals surface area (Å²) in [5.74, 6) is -0.425. The van der Waals surface area contributed by atoms with Gasteiger partial charge in [0.2, 0.25) is 0 Å². The van der Waals surface area contributed by atoms with Crippen molar-refractivity contribution in [3.8, 4) is 0 Å². The first kappa shape index (κ1) is 17.7. The fraction of sp³-hybridized carbons (Fsp3) is 0.333. The van der Waals surface area contributed by atoms with Crippen LogP contribution in [0.5, 0.6) is 0 Å². The molecule has 4 rings (SSSR count). The predicted molar refractivity (Wildman–Crippen MR) is 97.1 cm³/mol. The van der Waals surface area contributed by atoms with Crippen LogP contribution in [0.4, 0.5) is 4.39 Å². The van der Waals surface area contributed by atoms with E-state index in [1.54, 1.807) is 38.8 Å². The number of aromatic nitrogens is 5. The van der Waals surface area contributed by atoms with Crippen molar-refractivity contribution < 1.29 is 9.18 Å². The van der Waals surface area contributed by atoms with Crippen molar-refractivity contribution in [3.63, 3.8) is 0 Å². The standard InChI is InChI=1S/C18H18ClFN6O/c1-12-17(22-23-25(12)9-13-2-4-15(20)5-3-13)18(27)24-7-6-16(11-24)26-10-14(19)8-21-26/h2-5,8,10,16H,6-7,9,11H2,1H3. The zero-order chi connectivity index (χ0) is 19.0. The molecule has 1 amide bonds. The third-order valence-corrected chi connectivity index (χ3v) is 5.02. The minimum Gasteiger partial charge on any atom is -0.335 e. The molecule has 0 spiro atoms. The molecule has 3 heterocycles. The average molecular weight is 389 g/mol. The van der Waals surface area contributed by atoms with Gasteiger partial charge in [-0.05, 0) is 31.0 Å². The highest BCUT2D eigenvalue weighted by atomic mass is 35.5. The van der Waals surface area contributed by atoms with Gasteiger partial charge in [-0.3, -0.25) is 9.48 Å². The smallest absolute Gasteiger partial charge is 0.276 e. The van der Waals surface area contributed by atoms with E-state index in [-0.39, 0.29) is 17.8 Å². The van der Waals surface area contributed by atoms with Gasteiger partial charge in [0.15, 0.2) is 5.69 Å². The summed E-state index contributed by atoms with van der Waals surface area (Å²) in [4.78, 5) is 14.6. The van der Waals surface area contributed by atoms with E-state index in [0.29, 0.717) is 36.0 Å². The summed E-state index contributed by atoms with van der Waals surface area (Å²) < 4.78 is 16.5. The zero-order valence-electron chi connectivity index (χ0n) is 14.7. The first-order valence-electron chi connectivity index (χ1n) is 8.64. The third-order valence-electron chi connectivity index (χ3n) is 4.83. The van der Waals surface area contributed by atoms with E-state index in [0.717, 1.165) is 12.0 Å². The molecule has 0 aliphatic carbocycles. The van der Waals surface area contributed by atoms with Crippen molar-refractivity contribution in [1.29, 1.82) is 0 Å². The summed E-state index contributed by atoms with van der Waals surface area (Å²) in [7, 11) is 0. The summed E-state index contributed by atoms with van der Waals surface area (Å²) in [5.41, 5.74) is 1.92. The molecule has 1 fully saturated rings. The van der Waals surface area contributed by atoms with Crippen molar-refractivity contribution in [2.75, 3.05) is 13.1 Å². The summed E-state index contributed by atoms with van der Waals surface area (Å²) >= 11 is 5.93. The highest BCUT2D eigenvalue weighted by Crippen LogP contribution is 2.24. The molecule has 0 radical (unpaired) electrons. The number of nitrogens with zero attached hydrogens (tertiary/aromatic N) is 6. The second kappa shape index (κ2) is 7.11. The van der Waals surface area contributed by atoms with Crippen LogP contribution in [0.25, 0.3) is 0 Å². The normalized spacial score (nSPS) is 16.9. The molecule has 1 aromatic carbocycles. The Labute approximate surface area is 160 Å². The molecule has 1 unspecified atom stereocenters. The number of hydrogen-bond acceptors (Lipinski definition) is 4. The Morgan fingerprint density at radius 3 is 2.81 bits per heavy atom. The summed E-state index contributed by atoms with van der Waals surface area (Å²) in [6, 6.07) is 6.30. The van der Waals surface area contributed by atoms with Crippen molar-refractivity contribution in [2.24, 2.45) is 0 Å². The molecule has 7 nitrogen and oxygen atoms in total. The molecule has 9 heteroatoms. The van der Waals surface area contributed by atoms with Gasteiger partial charge in [-0.1, -0.05) is 28.9 Å². The lowest BCUT2D eigenvalue weighted by Gasteiger charge is -2.15. The molecule has 0 saturated carbocycles. The Morgan fingerprint density at radius 2 is 2.11 bits per heavy atom. The number of carbonyl (C=O) groups is 1. The molecule has 140 valence electrons. The van der Waals surface area contributed by atoms with Crippen molar-refractivity contribution in [2.45, 2.75) is 25.9 Å². The lowest BCUT2D eigenvalue weighted by molar-refractivity contribution is 0.0780. The van der Waals surface area contributed by atoms with Gasteiger partial charge >= 0.3 is 0 Å². The van der Waals surface area contributed by atoms with Crippen LogP contribution in [0.2, 0.25) is 5.02 Å². The number of benzene rings is 1. The minimum absolute atomic E-state index is 0.107. The number of rotatable bonds is 4. The summed E-state index contributed by atoms with van der Waals surface area (Å²) in [5, 5.41) is 13.0. The maximum absolute atomic E-state index is 13.0. The van der Waals surface area contributed by atoms with Crippen LogP contribution in [-0.4, -0.2) is 48.7 Å². The number of halogens is 2. The van der Waals surface area contributed by atoms with Crippen molar-refractivity contribution in [1.82, 2.24) is 29.7 Å². The number of hydrogen-bond donors (Lipinski definition) is 0. The SMILES string of the molecule is Cc1c(C(=O)N2CCC(n3cc(Cl)cn3)C2)nnn1Cc1ccc(F)cc1. The lowest BCUT2D eigenvalue weighted by Crippen LogP contribution is -2.30. The van der Waals surface area contributed by atoms with E-state index < -0.39 is 0 Å². The molecular weight excluding hydrogens is 371 g/mol. The molecular formula is C18H18ClFN6O. The molecule has 0 N–H and O–H groups in total. The van der Waals surface area contributed by atoms with E-state index >= 15 is 0 Å². The second-order valence-electron chi connectivity index (χ2n) is 6.64. The van der Waals surface area contributed by atoms with E-state index in [4.69, 9.17) is 11.6 Å². The topological polar surface area (TPSA) is 68.8 Å². The predicted octanol–water partition coefficient (Wildman–Crippen LogP) is 2.71. The first-order valence-corrected chi connectivity index (χ1v) is 9.02. The van der Waals surface area contributed by atoms with Crippen LogP contribution in [-0.2, 0) is 6.54 Å². The minimum atomic E-state index is -0.285. The Bertz CT molecular complexity index is 967. The fourth-order valence-corrected chi connectivity index (χ4v) is 3.42. The highest BCUT2D eigenvalue weighted by molar-refractivity contribution is 6.30. The van der Waals surface area contributed by atoms with Crippen molar-refractivity contribution >= 4 is 17.5 Å². The van der Waals surface area contributed by atoms with Crippen LogP contribution < -0.4 is 0 Å². The van der Waals surface area contributed by atoms with E-state index in [1.807, 2.05) is 6.92 Å². The monoisotopic (exact) mass is 388 g/mol. The third kappa shape index (κ3) is 3.57. The molecule has 1 aliphatic heterocycles. The quantitative estimate of drug-likeness (QED) is 0.689. The Balaban J connectivity index is 1.46. The van der Waals surface area contributed by atoms with Gasteiger partial charge < -0.3 is 4.90 Å². The van der Waals surface area contributed by atoms with Crippen LogP contribution in [0.1, 0.15) is 34.2 Å². The Morgan fingerprint density at radius 1 is 1.33 bits per heavy atom. The van der Waals surface area contributed by atoms with E-state index in [9.17, 15) is 9.18 Å². The molecule has 0 bridgehead atoms. The molecule has 27 heavy (non-hydrogen) atoms. The van der Waals surface area contributed by atoms with Crippen LogP contribution in [0.15, 0.2) is 36.7 Å². The van der Waals surface area contributed by atoms with Gasteiger partial charge in [0, 0.05) is 19.3 Å². The summed E-state index contributed by atoms with van der Waals surface area (Å²) in [6.45, 7) is 3.44. The molecule has 1 aliphatic rings. The second-order valence-corrected chi connectivity index (χ2v) is 7.08. The molecule has 3 aromatic rings. The molecule has 1 saturated heterocycles. The maximum atomic E-state index is 13.0. The van der Waals surface area contributed by atoms with Gasteiger partial charge in [-0.2, -0.15) is 5.10 Å². The van der Waals surface area contributed by atoms with Crippen LogP contribution in [0, 0.1) is 12.7 Å². The zero-order valence-corrected chi connectivity index (χ0v) is 15.5. The first-order chi connectivity index (χ1) is 13.0. The van der Waals surface area contributed by atoms with Gasteiger partial charge in [-0.15, -0.1) is 5.10 Å². The molecule has 2 aromatic heterocycles. The van der Waals surface area contributed by atoms with Crippen molar-refractivity contribution in [3.05, 3.63) is 64.5 Å². The van der Waals surface area contributed by atoms with Gasteiger partial charge in [-0.25, -0.2) is 9.07 Å². The fourth-order valence-electron chi connectivity index (χ4n) is 3.28. The Kier molecular flexibility index (Phi) is 4.65. The maximum Gasteiger partial charge on any atom is 0.276 e. The number of amides is 1. The van der Waals surface area contributed by atoms with Gasteiger partial charge in [0.05, 0.1) is 29.5 Å². The number of carbonyl (C=O) groups excluding carboxylic acids is 1. The van der Waals surface area contributed by atoms with Crippen LogP contribution >= 0.6 is 11.6 Å². The Hall–Kier alpha value is -2.74. The van der Waals surface area contributed by atoms with Gasteiger partial charge in [0.1, 0.15) is 5.82 Å². The molecule has 1 atom stereocenters. The van der Waals surface area contributed by atoms with Gasteiger partial charge in [0.25, 0.3) is 5.91 Å². The van der Waals surface area contributed by atoms with Crippen LogP contribution in [0.3, 0.4) is 0 Å². The number of likely N-dealkylation sites (tertiary alicyclic amines) is 1. The van der Waals surface area contributed by atoms with E-state index in [1.165, 1.54) is 12.1 Å². The largest absolute Gasteiger partial charge is 0.335 e. The lowest BCUT2D eigenvalue weighted by atomic mass is 10.2.